The number of anilines is 2. The van der Waals surface area contributed by atoms with Crippen molar-refractivity contribution in [1.82, 2.24) is 0 Å². The lowest BCUT2D eigenvalue weighted by atomic mass is 9.97. The normalized spacial score (nSPS) is 12.2. The molecule has 3 rings (SSSR count). The summed E-state index contributed by atoms with van der Waals surface area (Å²) in [5.41, 5.74) is 0.0557. The summed E-state index contributed by atoms with van der Waals surface area (Å²) in [6, 6.07) is 12.6. The van der Waals surface area contributed by atoms with Crippen molar-refractivity contribution in [3.63, 3.8) is 0 Å². The van der Waals surface area contributed by atoms with Crippen molar-refractivity contribution in [2.75, 3.05) is 10.6 Å². The summed E-state index contributed by atoms with van der Waals surface area (Å²) in [5, 5.41) is 4.85. The van der Waals surface area contributed by atoms with Crippen molar-refractivity contribution in [3.8, 4) is 0 Å². The van der Waals surface area contributed by atoms with Gasteiger partial charge in [-0.3, -0.25) is 9.59 Å². The van der Waals surface area contributed by atoms with Crippen LogP contribution in [0, 0.1) is 11.7 Å². The van der Waals surface area contributed by atoms with Crippen molar-refractivity contribution in [1.29, 1.82) is 0 Å². The number of hydrogen-bond acceptors (Lipinski definition) is 2. The molecule has 1 unspecified atom stereocenters. The summed E-state index contributed by atoms with van der Waals surface area (Å²) in [6.45, 7) is 0. The first-order chi connectivity index (χ1) is 15.9. The molecule has 0 saturated heterocycles. The van der Waals surface area contributed by atoms with Gasteiger partial charge in [0, 0.05) is 21.4 Å². The van der Waals surface area contributed by atoms with Gasteiger partial charge in [0.05, 0.1) is 10.6 Å². The Morgan fingerprint density at radius 3 is 2.12 bits per heavy atom. The van der Waals surface area contributed by atoms with E-state index in [1.807, 2.05) is 0 Å². The van der Waals surface area contributed by atoms with Crippen LogP contribution in [-0.4, -0.2) is 18.0 Å². The second-order valence-electron chi connectivity index (χ2n) is 7.22. The highest BCUT2D eigenvalue weighted by atomic mass is 35.5. The molecule has 0 aliphatic carbocycles. The quantitative estimate of drug-likeness (QED) is 0.324. The molecule has 0 saturated carbocycles. The second kappa shape index (κ2) is 10.6. The maximum absolute atomic E-state index is 13.7. The van der Waals surface area contributed by atoms with E-state index < -0.39 is 36.1 Å². The number of nitrogens with one attached hydrogen (secondary N) is 2. The SMILES string of the molecule is O=C(Nc1cccc(F)c1)c1cc(NC(=O)C(Cc2cc(Cl)cc(Cl)c2)C(F)(F)F)ccc1Cl. The molecule has 0 radical (unpaired) electrons. The van der Waals surface area contributed by atoms with Gasteiger partial charge in [-0.05, 0) is 66.6 Å². The third-order valence-electron chi connectivity index (χ3n) is 4.63. The van der Waals surface area contributed by atoms with Crippen molar-refractivity contribution >= 4 is 58.0 Å². The zero-order chi connectivity index (χ0) is 25.0. The van der Waals surface area contributed by atoms with E-state index in [1.165, 1.54) is 48.5 Å². The first kappa shape index (κ1) is 25.8. The highest BCUT2D eigenvalue weighted by Crippen LogP contribution is 2.32. The summed E-state index contributed by atoms with van der Waals surface area (Å²) in [5.74, 6) is -5.08. The standard InChI is InChI=1S/C23H15Cl3F4N2O2/c24-13-6-12(7-14(25)9-13)8-19(23(28,29)30)22(34)32-17-4-5-20(26)18(11-17)21(33)31-16-3-1-2-15(27)10-16/h1-7,9-11,19H,8H2,(H,31,33)(H,32,34). The van der Waals surface area contributed by atoms with Gasteiger partial charge in [-0.1, -0.05) is 40.9 Å². The summed E-state index contributed by atoms with van der Waals surface area (Å²) in [4.78, 5) is 25.1. The minimum atomic E-state index is -4.87. The lowest BCUT2D eigenvalue weighted by Gasteiger charge is -2.20. The molecule has 34 heavy (non-hydrogen) atoms. The molecule has 0 aromatic heterocycles. The van der Waals surface area contributed by atoms with Gasteiger partial charge in [0.15, 0.2) is 0 Å². The second-order valence-corrected chi connectivity index (χ2v) is 8.50. The molecule has 0 aliphatic rings. The predicted octanol–water partition coefficient (Wildman–Crippen LogP) is 7.40. The van der Waals surface area contributed by atoms with Gasteiger partial charge in [0.2, 0.25) is 5.91 Å². The predicted molar refractivity (Wildman–Crippen MR) is 124 cm³/mol. The Bertz CT molecular complexity index is 1210. The lowest BCUT2D eigenvalue weighted by Crippen LogP contribution is -2.36. The van der Waals surface area contributed by atoms with Gasteiger partial charge in [-0.2, -0.15) is 13.2 Å². The van der Waals surface area contributed by atoms with E-state index in [1.54, 1.807) is 0 Å². The Balaban J connectivity index is 1.81. The fourth-order valence-electron chi connectivity index (χ4n) is 3.09. The van der Waals surface area contributed by atoms with Crippen LogP contribution in [0.15, 0.2) is 60.7 Å². The maximum atomic E-state index is 13.7. The van der Waals surface area contributed by atoms with Crippen LogP contribution in [0.4, 0.5) is 28.9 Å². The number of rotatable bonds is 6. The van der Waals surface area contributed by atoms with Crippen LogP contribution < -0.4 is 10.6 Å². The summed E-state index contributed by atoms with van der Waals surface area (Å²) < 4.78 is 54.3. The Hall–Kier alpha value is -2.81. The van der Waals surface area contributed by atoms with Gasteiger partial charge in [0.25, 0.3) is 5.91 Å². The lowest BCUT2D eigenvalue weighted by molar-refractivity contribution is -0.179. The maximum Gasteiger partial charge on any atom is 0.400 e. The first-order valence-electron chi connectivity index (χ1n) is 9.61. The van der Waals surface area contributed by atoms with Gasteiger partial charge in [-0.25, -0.2) is 4.39 Å². The van der Waals surface area contributed by atoms with Crippen LogP contribution in [0.1, 0.15) is 15.9 Å². The zero-order valence-corrected chi connectivity index (χ0v) is 19.3. The molecule has 0 aliphatic heterocycles. The Morgan fingerprint density at radius 2 is 1.50 bits per heavy atom. The Morgan fingerprint density at radius 1 is 0.853 bits per heavy atom. The van der Waals surface area contributed by atoms with Crippen LogP contribution >= 0.6 is 34.8 Å². The van der Waals surface area contributed by atoms with Gasteiger partial charge in [0.1, 0.15) is 11.7 Å². The molecular formula is C23H15Cl3F4N2O2. The molecule has 11 heteroatoms. The van der Waals surface area contributed by atoms with E-state index in [0.717, 1.165) is 12.1 Å². The third kappa shape index (κ3) is 6.85. The average molecular weight is 534 g/mol. The molecule has 2 amide bonds. The average Bonchev–Trinajstić information content (AvgIpc) is 2.71. The van der Waals surface area contributed by atoms with Crippen LogP contribution in [-0.2, 0) is 11.2 Å². The highest BCUT2D eigenvalue weighted by Gasteiger charge is 2.44. The van der Waals surface area contributed by atoms with Gasteiger partial charge in [-0.15, -0.1) is 0 Å². The number of benzene rings is 3. The third-order valence-corrected chi connectivity index (χ3v) is 5.40. The minimum absolute atomic E-state index is 0.0205. The van der Waals surface area contributed by atoms with Crippen molar-refractivity contribution in [2.45, 2.75) is 12.6 Å². The molecule has 2 N–H and O–H groups in total. The molecule has 4 nitrogen and oxygen atoms in total. The molecule has 3 aromatic rings. The molecule has 0 spiro atoms. The Labute approximate surface area is 206 Å². The molecule has 0 fully saturated rings. The van der Waals surface area contributed by atoms with Crippen LogP contribution in [0.2, 0.25) is 15.1 Å². The van der Waals surface area contributed by atoms with Crippen molar-refractivity contribution in [3.05, 3.63) is 92.7 Å². The van der Waals surface area contributed by atoms with Gasteiger partial charge >= 0.3 is 6.18 Å². The number of carbonyl (C=O) groups is 2. The van der Waals surface area contributed by atoms with Crippen LogP contribution in [0.3, 0.4) is 0 Å². The van der Waals surface area contributed by atoms with E-state index in [4.69, 9.17) is 34.8 Å². The van der Waals surface area contributed by atoms with E-state index >= 15 is 0 Å². The first-order valence-corrected chi connectivity index (χ1v) is 10.7. The number of carbonyl (C=O) groups excluding carboxylic acids is 2. The molecule has 178 valence electrons. The number of amides is 2. The monoisotopic (exact) mass is 532 g/mol. The van der Waals surface area contributed by atoms with Crippen molar-refractivity contribution < 1.29 is 27.2 Å². The van der Waals surface area contributed by atoms with E-state index in [0.29, 0.717) is 0 Å². The minimum Gasteiger partial charge on any atom is -0.326 e. The highest BCUT2D eigenvalue weighted by molar-refractivity contribution is 6.35. The molecule has 1 atom stereocenters. The molecule has 0 heterocycles. The van der Waals surface area contributed by atoms with Crippen LogP contribution in [0.5, 0.6) is 0 Å². The fourth-order valence-corrected chi connectivity index (χ4v) is 3.87. The van der Waals surface area contributed by atoms with E-state index in [-0.39, 0.29) is 37.6 Å². The topological polar surface area (TPSA) is 58.2 Å². The molecule has 3 aromatic carbocycles. The summed E-state index contributed by atoms with van der Waals surface area (Å²) in [6.07, 6.45) is -5.57. The smallest absolute Gasteiger partial charge is 0.326 e. The van der Waals surface area contributed by atoms with Crippen molar-refractivity contribution in [2.24, 2.45) is 5.92 Å². The number of halogens is 7. The molecule has 0 bridgehead atoms. The fraction of sp³-hybridized carbons (Fsp3) is 0.130. The zero-order valence-electron chi connectivity index (χ0n) is 17.0. The van der Waals surface area contributed by atoms with E-state index in [9.17, 15) is 27.2 Å². The summed E-state index contributed by atoms with van der Waals surface area (Å²) in [7, 11) is 0. The largest absolute Gasteiger partial charge is 0.400 e. The Kier molecular flexibility index (Phi) is 8.07. The van der Waals surface area contributed by atoms with Gasteiger partial charge < -0.3 is 10.6 Å². The number of alkyl halides is 3. The number of hydrogen-bond donors (Lipinski definition) is 2. The van der Waals surface area contributed by atoms with Crippen LogP contribution in [0.25, 0.3) is 0 Å². The molecular weight excluding hydrogens is 519 g/mol. The van der Waals surface area contributed by atoms with E-state index in [2.05, 4.69) is 10.6 Å². The summed E-state index contributed by atoms with van der Waals surface area (Å²) >= 11 is 17.7.